The van der Waals surface area contributed by atoms with E-state index in [2.05, 4.69) is 39.5 Å². The SMILES string of the molecule is C=CC.CCC(=O)/C=C/C1C(C)=CCCC1(C)C. The molecule has 102 valence electrons. The van der Waals surface area contributed by atoms with Gasteiger partial charge in [0, 0.05) is 12.3 Å². The van der Waals surface area contributed by atoms with Gasteiger partial charge in [0.05, 0.1) is 0 Å². The Balaban J connectivity index is 0.000000873. The van der Waals surface area contributed by atoms with Gasteiger partial charge in [-0.05, 0) is 38.2 Å². The lowest BCUT2D eigenvalue weighted by Gasteiger charge is -2.36. The third-order valence-electron chi connectivity index (χ3n) is 3.41. The topological polar surface area (TPSA) is 17.1 Å². The molecule has 0 radical (unpaired) electrons. The number of ketones is 1. The lowest BCUT2D eigenvalue weighted by atomic mass is 9.68. The van der Waals surface area contributed by atoms with Crippen molar-refractivity contribution in [3.8, 4) is 0 Å². The molecule has 0 fully saturated rings. The highest BCUT2D eigenvalue weighted by molar-refractivity contribution is 5.89. The van der Waals surface area contributed by atoms with Gasteiger partial charge in [0.25, 0.3) is 0 Å². The normalized spacial score (nSPS) is 21.8. The van der Waals surface area contributed by atoms with E-state index in [-0.39, 0.29) is 5.78 Å². The molecule has 0 aromatic rings. The van der Waals surface area contributed by atoms with E-state index >= 15 is 0 Å². The molecule has 0 bridgehead atoms. The van der Waals surface area contributed by atoms with Crippen LogP contribution in [0.4, 0.5) is 0 Å². The number of hydrogen-bond acceptors (Lipinski definition) is 1. The van der Waals surface area contributed by atoms with Crippen LogP contribution in [0.1, 0.15) is 53.9 Å². The summed E-state index contributed by atoms with van der Waals surface area (Å²) in [5.74, 6) is 0.658. The summed E-state index contributed by atoms with van der Waals surface area (Å²) in [5.41, 5.74) is 1.70. The molecule has 1 aliphatic carbocycles. The van der Waals surface area contributed by atoms with E-state index in [1.54, 1.807) is 12.2 Å². The predicted octanol–water partition coefficient (Wildman–Crippen LogP) is 5.10. The number of allylic oxidation sites excluding steroid dienone is 5. The molecule has 0 heterocycles. The maximum absolute atomic E-state index is 11.3. The summed E-state index contributed by atoms with van der Waals surface area (Å²) in [7, 11) is 0. The molecule has 0 saturated carbocycles. The van der Waals surface area contributed by atoms with E-state index in [1.165, 1.54) is 18.4 Å². The zero-order valence-corrected chi connectivity index (χ0v) is 12.6. The molecule has 1 unspecified atom stereocenters. The van der Waals surface area contributed by atoms with E-state index in [0.29, 0.717) is 17.8 Å². The minimum absolute atomic E-state index is 0.226. The standard InChI is InChI=1S/C14H22O.C3H6/c1-5-12(15)8-9-13-11(2)7-6-10-14(13,3)4;1-3-2/h7-9,13H,5-6,10H2,1-4H3;3H,1H2,2H3/b9-8+;. The van der Waals surface area contributed by atoms with Gasteiger partial charge >= 0.3 is 0 Å². The van der Waals surface area contributed by atoms with Gasteiger partial charge in [-0.2, -0.15) is 0 Å². The first-order valence-electron chi connectivity index (χ1n) is 6.83. The second kappa shape index (κ2) is 8.07. The summed E-state index contributed by atoms with van der Waals surface area (Å²) in [4.78, 5) is 11.3. The Kier molecular flexibility index (Phi) is 7.58. The Labute approximate surface area is 113 Å². The molecule has 0 N–H and O–H groups in total. The summed E-state index contributed by atoms with van der Waals surface area (Å²) in [6, 6.07) is 0. The predicted molar refractivity (Wildman–Crippen MR) is 80.6 cm³/mol. The van der Waals surface area contributed by atoms with Gasteiger partial charge in [-0.3, -0.25) is 4.79 Å². The zero-order valence-electron chi connectivity index (χ0n) is 12.6. The van der Waals surface area contributed by atoms with Crippen molar-refractivity contribution in [2.75, 3.05) is 0 Å². The summed E-state index contributed by atoms with van der Waals surface area (Å²) >= 11 is 0. The van der Waals surface area contributed by atoms with Crippen LogP contribution < -0.4 is 0 Å². The van der Waals surface area contributed by atoms with Crippen LogP contribution in [-0.4, -0.2) is 5.78 Å². The molecule has 0 spiro atoms. The maximum Gasteiger partial charge on any atom is 0.155 e. The second-order valence-corrected chi connectivity index (χ2v) is 5.54. The first-order chi connectivity index (χ1) is 8.38. The minimum atomic E-state index is 0.226. The third kappa shape index (κ3) is 5.48. The Bertz CT molecular complexity index is 332. The van der Waals surface area contributed by atoms with E-state index in [4.69, 9.17) is 0 Å². The Morgan fingerprint density at radius 1 is 1.56 bits per heavy atom. The molecule has 0 saturated heterocycles. The highest BCUT2D eigenvalue weighted by Crippen LogP contribution is 2.41. The monoisotopic (exact) mass is 248 g/mol. The van der Waals surface area contributed by atoms with Crippen molar-refractivity contribution in [3.05, 3.63) is 36.5 Å². The van der Waals surface area contributed by atoms with Gasteiger partial charge in [-0.15, -0.1) is 6.58 Å². The quantitative estimate of drug-likeness (QED) is 0.502. The molecule has 0 aliphatic heterocycles. The summed E-state index contributed by atoms with van der Waals surface area (Å²) in [5, 5.41) is 0. The van der Waals surface area contributed by atoms with Crippen LogP contribution in [0.2, 0.25) is 0 Å². The van der Waals surface area contributed by atoms with Crippen LogP contribution in [0.5, 0.6) is 0 Å². The fourth-order valence-corrected chi connectivity index (χ4v) is 2.30. The summed E-state index contributed by atoms with van der Waals surface area (Å²) < 4.78 is 0. The Hall–Kier alpha value is -1.11. The maximum atomic E-state index is 11.3. The molecule has 0 aromatic carbocycles. The zero-order chi connectivity index (χ0) is 14.2. The second-order valence-electron chi connectivity index (χ2n) is 5.54. The highest BCUT2D eigenvalue weighted by atomic mass is 16.1. The van der Waals surface area contributed by atoms with Crippen molar-refractivity contribution < 1.29 is 4.79 Å². The molecule has 0 aromatic heterocycles. The Morgan fingerprint density at radius 2 is 2.11 bits per heavy atom. The first-order valence-corrected chi connectivity index (χ1v) is 6.83. The summed E-state index contributed by atoms with van der Waals surface area (Å²) in [6.45, 7) is 13.9. The average Bonchev–Trinajstić information content (AvgIpc) is 2.28. The molecular weight excluding hydrogens is 220 g/mol. The van der Waals surface area contributed by atoms with E-state index in [9.17, 15) is 4.79 Å². The smallest absolute Gasteiger partial charge is 0.155 e. The van der Waals surface area contributed by atoms with Crippen LogP contribution in [0, 0.1) is 11.3 Å². The van der Waals surface area contributed by atoms with E-state index in [1.807, 2.05) is 13.8 Å². The number of carbonyl (C=O) groups is 1. The van der Waals surface area contributed by atoms with Gasteiger partial charge < -0.3 is 0 Å². The third-order valence-corrected chi connectivity index (χ3v) is 3.41. The molecule has 0 amide bonds. The lowest BCUT2D eigenvalue weighted by Crippen LogP contribution is -2.26. The molecule has 1 aliphatic rings. The number of rotatable bonds is 3. The number of hydrogen-bond donors (Lipinski definition) is 0. The number of carbonyl (C=O) groups excluding carboxylic acids is 1. The molecule has 1 atom stereocenters. The summed E-state index contributed by atoms with van der Waals surface area (Å²) in [6.07, 6.45) is 10.9. The van der Waals surface area contributed by atoms with Gasteiger partial charge in [-0.25, -0.2) is 0 Å². The molecule has 1 heteroatoms. The minimum Gasteiger partial charge on any atom is -0.295 e. The fraction of sp³-hybridized carbons (Fsp3) is 0.588. The van der Waals surface area contributed by atoms with Gasteiger partial charge in [0.1, 0.15) is 0 Å². The van der Waals surface area contributed by atoms with Crippen molar-refractivity contribution in [2.24, 2.45) is 11.3 Å². The highest BCUT2D eigenvalue weighted by Gasteiger charge is 2.30. The molecule has 1 rings (SSSR count). The largest absolute Gasteiger partial charge is 0.295 e. The van der Waals surface area contributed by atoms with Crippen molar-refractivity contribution in [3.63, 3.8) is 0 Å². The van der Waals surface area contributed by atoms with Crippen LogP contribution >= 0.6 is 0 Å². The van der Waals surface area contributed by atoms with Crippen molar-refractivity contribution in [1.29, 1.82) is 0 Å². The van der Waals surface area contributed by atoms with Crippen LogP contribution in [0.3, 0.4) is 0 Å². The molecule has 1 nitrogen and oxygen atoms in total. The Morgan fingerprint density at radius 3 is 2.56 bits per heavy atom. The van der Waals surface area contributed by atoms with E-state index in [0.717, 1.165) is 0 Å². The van der Waals surface area contributed by atoms with Gasteiger partial charge in [0.2, 0.25) is 0 Å². The lowest BCUT2D eigenvalue weighted by molar-refractivity contribution is -0.114. The van der Waals surface area contributed by atoms with Crippen molar-refractivity contribution >= 4 is 5.78 Å². The fourth-order valence-electron chi connectivity index (χ4n) is 2.30. The molecular formula is C17H28O. The molecule has 18 heavy (non-hydrogen) atoms. The van der Waals surface area contributed by atoms with Crippen LogP contribution in [0.15, 0.2) is 36.5 Å². The van der Waals surface area contributed by atoms with Crippen LogP contribution in [0.25, 0.3) is 0 Å². The van der Waals surface area contributed by atoms with Gasteiger partial charge in [-0.1, -0.05) is 44.6 Å². The van der Waals surface area contributed by atoms with E-state index < -0.39 is 0 Å². The van der Waals surface area contributed by atoms with Crippen molar-refractivity contribution in [2.45, 2.75) is 53.9 Å². The van der Waals surface area contributed by atoms with Gasteiger partial charge in [0.15, 0.2) is 5.78 Å². The van der Waals surface area contributed by atoms with Crippen molar-refractivity contribution in [1.82, 2.24) is 0 Å². The van der Waals surface area contributed by atoms with Crippen LogP contribution in [-0.2, 0) is 4.79 Å². The first kappa shape index (κ1) is 16.9. The average molecular weight is 248 g/mol.